The Morgan fingerprint density at radius 2 is 1.92 bits per heavy atom. The van der Waals surface area contributed by atoms with Gasteiger partial charge in [-0.05, 0) is 42.8 Å². The van der Waals surface area contributed by atoms with E-state index in [0.717, 1.165) is 0 Å². The first kappa shape index (κ1) is 18.1. The number of carbonyl (C=O) groups is 1. The third-order valence-electron chi connectivity index (χ3n) is 4.36. The first-order valence-corrected chi connectivity index (χ1v) is 9.92. The van der Waals surface area contributed by atoms with Gasteiger partial charge in [0.1, 0.15) is 5.75 Å². The van der Waals surface area contributed by atoms with Crippen LogP contribution in [-0.4, -0.2) is 56.2 Å². The first-order valence-electron chi connectivity index (χ1n) is 8.10. The lowest BCUT2D eigenvalue weighted by atomic mass is 10.2. The van der Waals surface area contributed by atoms with Crippen molar-refractivity contribution < 1.29 is 17.9 Å². The van der Waals surface area contributed by atoms with Crippen LogP contribution < -0.4 is 15.0 Å². The fraction of sp³-hybridized carbons (Fsp3) is 0.353. The third kappa shape index (κ3) is 4.10. The van der Waals surface area contributed by atoms with E-state index in [1.54, 1.807) is 50.6 Å². The fourth-order valence-electron chi connectivity index (χ4n) is 2.78. The van der Waals surface area contributed by atoms with Crippen LogP contribution in [0.3, 0.4) is 0 Å². The molecule has 0 radical (unpaired) electrons. The van der Waals surface area contributed by atoms with E-state index in [1.165, 1.54) is 0 Å². The Bertz CT molecular complexity index is 882. The van der Waals surface area contributed by atoms with Crippen molar-refractivity contribution in [3.63, 3.8) is 0 Å². The topological polar surface area (TPSA) is 101 Å². The maximum absolute atomic E-state index is 12.2. The lowest BCUT2D eigenvalue weighted by Gasteiger charge is -2.23. The molecule has 0 bridgehead atoms. The summed E-state index contributed by atoms with van der Waals surface area (Å²) >= 11 is 0. The van der Waals surface area contributed by atoms with Gasteiger partial charge in [0.15, 0.2) is 21.5 Å². The van der Waals surface area contributed by atoms with Crippen LogP contribution in [-0.2, 0) is 9.84 Å². The zero-order valence-electron chi connectivity index (χ0n) is 14.5. The van der Waals surface area contributed by atoms with Gasteiger partial charge in [0.2, 0.25) is 0 Å². The number of methoxy groups -OCH3 is 1. The van der Waals surface area contributed by atoms with Crippen LogP contribution in [0.25, 0.3) is 0 Å². The highest BCUT2D eigenvalue weighted by atomic mass is 32.2. The number of nitrogens with one attached hydrogen (secondary N) is 1. The van der Waals surface area contributed by atoms with E-state index in [9.17, 15) is 13.2 Å². The molecule has 1 aliphatic heterocycles. The molecule has 0 aliphatic carbocycles. The van der Waals surface area contributed by atoms with E-state index in [1.807, 2.05) is 4.90 Å². The average Bonchev–Trinajstić information content (AvgIpc) is 3.01. The van der Waals surface area contributed by atoms with E-state index >= 15 is 0 Å². The molecule has 1 amide bonds. The molecule has 2 heterocycles. The molecule has 9 heteroatoms. The molecule has 26 heavy (non-hydrogen) atoms. The molecule has 0 spiro atoms. The average molecular weight is 376 g/mol. The number of rotatable bonds is 5. The second-order valence-electron chi connectivity index (χ2n) is 6.13. The number of ether oxygens (including phenoxy) is 1. The standard InChI is InChI=1S/C17H20N4O4S/c1-21(13-9-10-26(23,24)11-13)16-8-7-15(19-20-16)18-17(22)12-3-5-14(25-2)6-4-12/h3-8,13H,9-11H2,1-2H3,(H,18,19,22). The summed E-state index contributed by atoms with van der Waals surface area (Å²) in [6, 6.07) is 9.97. The van der Waals surface area contributed by atoms with Crippen LogP contribution in [0.2, 0.25) is 0 Å². The van der Waals surface area contributed by atoms with Gasteiger partial charge in [0, 0.05) is 18.7 Å². The van der Waals surface area contributed by atoms with E-state index in [0.29, 0.717) is 29.4 Å². The Kier molecular flexibility index (Phi) is 5.08. The van der Waals surface area contributed by atoms with Crippen LogP contribution in [0.1, 0.15) is 16.8 Å². The van der Waals surface area contributed by atoms with Gasteiger partial charge in [-0.2, -0.15) is 0 Å². The van der Waals surface area contributed by atoms with Crippen molar-refractivity contribution in [1.82, 2.24) is 10.2 Å². The summed E-state index contributed by atoms with van der Waals surface area (Å²) in [6.45, 7) is 0. The van der Waals surface area contributed by atoms with Gasteiger partial charge in [-0.15, -0.1) is 10.2 Å². The minimum Gasteiger partial charge on any atom is -0.497 e. The second-order valence-corrected chi connectivity index (χ2v) is 8.36. The number of aromatic nitrogens is 2. The van der Waals surface area contributed by atoms with Gasteiger partial charge in [-0.3, -0.25) is 4.79 Å². The van der Waals surface area contributed by atoms with Crippen molar-refractivity contribution in [2.45, 2.75) is 12.5 Å². The molecule has 1 N–H and O–H groups in total. The molecule has 1 fully saturated rings. The van der Waals surface area contributed by atoms with Gasteiger partial charge in [0.25, 0.3) is 5.91 Å². The van der Waals surface area contributed by atoms with Crippen LogP contribution in [0, 0.1) is 0 Å². The molecule has 3 rings (SSSR count). The minimum absolute atomic E-state index is 0.103. The Morgan fingerprint density at radius 3 is 2.46 bits per heavy atom. The van der Waals surface area contributed by atoms with Crippen molar-refractivity contribution in [3.05, 3.63) is 42.0 Å². The smallest absolute Gasteiger partial charge is 0.256 e. The summed E-state index contributed by atoms with van der Waals surface area (Å²) < 4.78 is 28.3. The molecule has 1 aliphatic rings. The van der Waals surface area contributed by atoms with Gasteiger partial charge >= 0.3 is 0 Å². The second kappa shape index (κ2) is 7.28. The van der Waals surface area contributed by atoms with E-state index in [-0.39, 0.29) is 23.5 Å². The van der Waals surface area contributed by atoms with Crippen LogP contribution in [0.4, 0.5) is 11.6 Å². The molecular formula is C17H20N4O4S. The number of sulfone groups is 1. The van der Waals surface area contributed by atoms with Crippen molar-refractivity contribution >= 4 is 27.4 Å². The van der Waals surface area contributed by atoms with E-state index in [4.69, 9.17) is 4.74 Å². The lowest BCUT2D eigenvalue weighted by molar-refractivity contribution is 0.102. The molecule has 138 valence electrons. The summed E-state index contributed by atoms with van der Waals surface area (Å²) in [5, 5.41) is 10.8. The molecular weight excluding hydrogens is 356 g/mol. The van der Waals surface area contributed by atoms with Gasteiger partial charge in [-0.25, -0.2) is 8.42 Å². The number of nitrogens with zero attached hydrogens (tertiary/aromatic N) is 3. The van der Waals surface area contributed by atoms with Gasteiger partial charge in [0.05, 0.1) is 18.6 Å². The number of anilines is 2. The van der Waals surface area contributed by atoms with E-state index in [2.05, 4.69) is 15.5 Å². The lowest BCUT2D eigenvalue weighted by Crippen LogP contribution is -2.33. The highest BCUT2D eigenvalue weighted by Crippen LogP contribution is 2.21. The van der Waals surface area contributed by atoms with Crippen LogP contribution in [0.15, 0.2) is 36.4 Å². The summed E-state index contributed by atoms with van der Waals surface area (Å²) in [5.74, 6) is 1.58. The Balaban J connectivity index is 1.64. The highest BCUT2D eigenvalue weighted by molar-refractivity contribution is 7.91. The quantitative estimate of drug-likeness (QED) is 0.841. The number of hydrogen-bond donors (Lipinski definition) is 1. The maximum Gasteiger partial charge on any atom is 0.256 e. The summed E-state index contributed by atoms with van der Waals surface area (Å²) in [4.78, 5) is 14.0. The van der Waals surface area contributed by atoms with Crippen molar-refractivity contribution in [2.24, 2.45) is 0 Å². The number of amides is 1. The number of hydrogen-bond acceptors (Lipinski definition) is 7. The zero-order valence-corrected chi connectivity index (χ0v) is 15.4. The predicted octanol–water partition coefficient (Wildman–Crippen LogP) is 1.36. The zero-order chi connectivity index (χ0) is 18.7. The third-order valence-corrected chi connectivity index (χ3v) is 6.11. The van der Waals surface area contributed by atoms with Crippen molar-refractivity contribution in [3.8, 4) is 5.75 Å². The molecule has 1 aromatic heterocycles. The first-order chi connectivity index (χ1) is 12.4. The summed E-state index contributed by atoms with van der Waals surface area (Å²) in [7, 11) is 0.392. The monoisotopic (exact) mass is 376 g/mol. The molecule has 1 atom stereocenters. The summed E-state index contributed by atoms with van der Waals surface area (Å²) in [5.41, 5.74) is 0.477. The summed E-state index contributed by atoms with van der Waals surface area (Å²) in [6.07, 6.45) is 0.580. The molecule has 8 nitrogen and oxygen atoms in total. The van der Waals surface area contributed by atoms with Crippen molar-refractivity contribution in [1.29, 1.82) is 0 Å². The van der Waals surface area contributed by atoms with Crippen LogP contribution >= 0.6 is 0 Å². The number of benzene rings is 1. The maximum atomic E-state index is 12.2. The molecule has 2 aromatic rings. The Hall–Kier alpha value is -2.68. The van der Waals surface area contributed by atoms with Gasteiger partial charge in [-0.1, -0.05) is 0 Å². The predicted molar refractivity (Wildman–Crippen MR) is 98.4 cm³/mol. The highest BCUT2D eigenvalue weighted by Gasteiger charge is 2.31. The van der Waals surface area contributed by atoms with Gasteiger partial charge < -0.3 is 15.0 Å². The van der Waals surface area contributed by atoms with Crippen molar-refractivity contribution in [2.75, 3.05) is 35.9 Å². The SMILES string of the molecule is COc1ccc(C(=O)Nc2ccc(N(C)C3CCS(=O)(=O)C3)nn2)cc1. The fourth-order valence-corrected chi connectivity index (χ4v) is 4.55. The Labute approximate surface area is 152 Å². The molecule has 0 saturated carbocycles. The molecule has 1 aromatic carbocycles. The largest absolute Gasteiger partial charge is 0.497 e. The molecule has 1 unspecified atom stereocenters. The number of carbonyl (C=O) groups excluding carboxylic acids is 1. The van der Waals surface area contributed by atoms with E-state index < -0.39 is 9.84 Å². The van der Waals surface area contributed by atoms with Crippen LogP contribution in [0.5, 0.6) is 5.75 Å². The minimum atomic E-state index is -2.96. The normalized spacial score (nSPS) is 18.3. The molecule has 1 saturated heterocycles. The Morgan fingerprint density at radius 1 is 1.19 bits per heavy atom.